The number of hydrogen-bond donors (Lipinski definition) is 1. The van der Waals surface area contributed by atoms with E-state index < -0.39 is 0 Å². The Labute approximate surface area is 125 Å². The van der Waals surface area contributed by atoms with Crippen LogP contribution in [0.5, 0.6) is 0 Å². The third kappa shape index (κ3) is 2.42. The number of nitrogens with one attached hydrogen (secondary N) is 1. The van der Waals surface area contributed by atoms with Gasteiger partial charge in [0.05, 0.1) is 0 Å². The molecule has 1 aromatic carbocycles. The van der Waals surface area contributed by atoms with Crippen molar-refractivity contribution in [2.24, 2.45) is 7.05 Å². The lowest BCUT2D eigenvalue weighted by Gasteiger charge is -2.06. The van der Waals surface area contributed by atoms with Gasteiger partial charge in [-0.05, 0) is 17.2 Å². The molecular weight excluding hydrogens is 297 g/mol. The maximum absolute atomic E-state index is 6.07. The number of imidazole rings is 1. The summed E-state index contributed by atoms with van der Waals surface area (Å²) in [7, 11) is 1.85. The molecule has 0 radical (unpaired) electrons. The van der Waals surface area contributed by atoms with Gasteiger partial charge in [0.1, 0.15) is 5.52 Å². The van der Waals surface area contributed by atoms with Crippen LogP contribution in [-0.4, -0.2) is 19.5 Å². The van der Waals surface area contributed by atoms with E-state index in [4.69, 9.17) is 23.2 Å². The normalized spacial score (nSPS) is 10.9. The number of nitrogens with zero attached hydrogens (tertiary/aromatic N) is 4. The molecule has 0 saturated carbocycles. The molecule has 0 bridgehead atoms. The van der Waals surface area contributed by atoms with Crippen LogP contribution in [0.15, 0.2) is 30.3 Å². The van der Waals surface area contributed by atoms with Crippen LogP contribution < -0.4 is 5.32 Å². The predicted molar refractivity (Wildman–Crippen MR) is 80.1 cm³/mol. The number of anilines is 1. The van der Waals surface area contributed by atoms with E-state index in [1.54, 1.807) is 0 Å². The highest BCUT2D eigenvalue weighted by Crippen LogP contribution is 2.24. The zero-order valence-electron chi connectivity index (χ0n) is 10.6. The second kappa shape index (κ2) is 5.26. The second-order valence-corrected chi connectivity index (χ2v) is 4.99. The highest BCUT2D eigenvalue weighted by molar-refractivity contribution is 6.35. The minimum Gasteiger partial charge on any atom is -0.352 e. The zero-order chi connectivity index (χ0) is 14.1. The van der Waals surface area contributed by atoms with Crippen molar-refractivity contribution in [3.63, 3.8) is 0 Å². The van der Waals surface area contributed by atoms with Gasteiger partial charge in [0, 0.05) is 13.6 Å². The van der Waals surface area contributed by atoms with Gasteiger partial charge in [-0.15, -0.1) is 0 Å². The first-order valence-electron chi connectivity index (χ1n) is 5.98. The number of benzene rings is 1. The average molecular weight is 308 g/mol. The van der Waals surface area contributed by atoms with Crippen LogP contribution in [0.4, 0.5) is 5.95 Å². The van der Waals surface area contributed by atoms with Gasteiger partial charge >= 0.3 is 0 Å². The average Bonchev–Trinajstić information content (AvgIpc) is 2.74. The van der Waals surface area contributed by atoms with Crippen molar-refractivity contribution in [2.45, 2.75) is 6.54 Å². The van der Waals surface area contributed by atoms with Gasteiger partial charge < -0.3 is 9.88 Å². The van der Waals surface area contributed by atoms with Gasteiger partial charge in [-0.2, -0.15) is 9.97 Å². The van der Waals surface area contributed by atoms with Gasteiger partial charge in [-0.25, -0.2) is 4.98 Å². The highest BCUT2D eigenvalue weighted by atomic mass is 35.5. The smallest absolute Gasteiger partial charge is 0.225 e. The van der Waals surface area contributed by atoms with E-state index in [2.05, 4.69) is 20.3 Å². The lowest BCUT2D eigenvalue weighted by Crippen LogP contribution is -2.04. The molecule has 0 aliphatic carbocycles. The van der Waals surface area contributed by atoms with Crippen molar-refractivity contribution >= 4 is 40.3 Å². The molecule has 0 aliphatic rings. The molecule has 0 saturated heterocycles. The molecular formula is C13H11Cl2N5. The van der Waals surface area contributed by atoms with Crippen LogP contribution in [0.1, 0.15) is 5.56 Å². The molecule has 3 rings (SSSR count). The number of aryl methyl sites for hydroxylation is 1. The van der Waals surface area contributed by atoms with Gasteiger partial charge in [-0.1, -0.05) is 41.9 Å². The molecule has 102 valence electrons. The van der Waals surface area contributed by atoms with Crippen molar-refractivity contribution in [3.05, 3.63) is 46.3 Å². The van der Waals surface area contributed by atoms with E-state index in [1.165, 1.54) is 0 Å². The number of aromatic nitrogens is 4. The van der Waals surface area contributed by atoms with Gasteiger partial charge in [0.25, 0.3) is 0 Å². The zero-order valence-corrected chi connectivity index (χ0v) is 12.2. The van der Waals surface area contributed by atoms with Crippen LogP contribution >= 0.6 is 23.2 Å². The van der Waals surface area contributed by atoms with E-state index in [0.29, 0.717) is 28.8 Å². The Morgan fingerprint density at radius 2 is 1.85 bits per heavy atom. The molecule has 1 N–H and O–H groups in total. The molecule has 0 unspecified atom stereocenters. The molecule has 3 aromatic rings. The summed E-state index contributed by atoms with van der Waals surface area (Å²) in [5, 5.41) is 3.63. The van der Waals surface area contributed by atoms with E-state index in [0.717, 1.165) is 5.56 Å². The molecule has 2 heterocycles. The van der Waals surface area contributed by atoms with Gasteiger partial charge in [0.15, 0.2) is 10.8 Å². The summed E-state index contributed by atoms with van der Waals surface area (Å²) >= 11 is 11.9. The van der Waals surface area contributed by atoms with E-state index in [9.17, 15) is 0 Å². The van der Waals surface area contributed by atoms with Crippen molar-refractivity contribution in [3.8, 4) is 0 Å². The Hall–Kier alpha value is -1.85. The van der Waals surface area contributed by atoms with Gasteiger partial charge in [-0.3, -0.25) is 0 Å². The van der Waals surface area contributed by atoms with Crippen LogP contribution in [0, 0.1) is 0 Å². The standard InChI is InChI=1S/C13H11Cl2N5/c1-20-9-10(14)17-12(15)18-11(9)19-13(20)16-7-8-5-3-2-4-6-8/h2-6H,7H2,1H3,(H,16,17,18,19). The minimum atomic E-state index is 0.0928. The molecule has 0 fully saturated rings. The summed E-state index contributed by atoms with van der Waals surface area (Å²) in [5.41, 5.74) is 2.30. The number of halogens is 2. The van der Waals surface area contributed by atoms with Crippen LogP contribution in [-0.2, 0) is 13.6 Å². The summed E-state index contributed by atoms with van der Waals surface area (Å²) in [6.07, 6.45) is 0. The first kappa shape index (κ1) is 13.1. The van der Waals surface area contributed by atoms with Gasteiger partial charge in [0.2, 0.25) is 11.2 Å². The maximum Gasteiger partial charge on any atom is 0.225 e. The monoisotopic (exact) mass is 307 g/mol. The third-order valence-corrected chi connectivity index (χ3v) is 3.39. The Morgan fingerprint density at radius 3 is 2.60 bits per heavy atom. The lowest BCUT2D eigenvalue weighted by molar-refractivity contribution is 0.925. The van der Waals surface area contributed by atoms with E-state index in [1.807, 2.05) is 41.9 Å². The molecule has 0 spiro atoms. The Kier molecular flexibility index (Phi) is 3.46. The molecule has 0 amide bonds. The second-order valence-electron chi connectivity index (χ2n) is 4.29. The number of rotatable bonds is 3. The SMILES string of the molecule is Cn1c(NCc2ccccc2)nc2nc(Cl)nc(Cl)c21. The summed E-state index contributed by atoms with van der Waals surface area (Å²) < 4.78 is 1.82. The minimum absolute atomic E-state index is 0.0928. The fourth-order valence-corrected chi connectivity index (χ4v) is 2.47. The third-order valence-electron chi connectivity index (χ3n) is 2.95. The largest absolute Gasteiger partial charge is 0.352 e. The number of fused-ring (bicyclic) bond motifs is 1. The Morgan fingerprint density at radius 1 is 1.10 bits per heavy atom. The predicted octanol–water partition coefficient (Wildman–Crippen LogP) is 3.28. The van der Waals surface area contributed by atoms with Crippen LogP contribution in [0.2, 0.25) is 10.4 Å². The first-order chi connectivity index (χ1) is 9.65. The summed E-state index contributed by atoms with van der Waals surface area (Å²) in [6, 6.07) is 10.1. The number of hydrogen-bond acceptors (Lipinski definition) is 4. The first-order valence-corrected chi connectivity index (χ1v) is 6.74. The lowest BCUT2D eigenvalue weighted by atomic mass is 10.2. The van der Waals surface area contributed by atoms with Crippen molar-refractivity contribution in [1.82, 2.24) is 19.5 Å². The van der Waals surface area contributed by atoms with Crippen molar-refractivity contribution < 1.29 is 0 Å². The van der Waals surface area contributed by atoms with Crippen LogP contribution in [0.3, 0.4) is 0 Å². The maximum atomic E-state index is 6.07. The fourth-order valence-electron chi connectivity index (χ4n) is 1.97. The summed E-state index contributed by atoms with van der Waals surface area (Å²) in [5.74, 6) is 0.669. The highest BCUT2D eigenvalue weighted by Gasteiger charge is 2.14. The molecule has 7 heteroatoms. The molecule has 0 aliphatic heterocycles. The van der Waals surface area contributed by atoms with E-state index >= 15 is 0 Å². The molecule has 2 aromatic heterocycles. The van der Waals surface area contributed by atoms with E-state index in [-0.39, 0.29) is 5.28 Å². The van der Waals surface area contributed by atoms with Crippen molar-refractivity contribution in [2.75, 3.05) is 5.32 Å². The van der Waals surface area contributed by atoms with Crippen molar-refractivity contribution in [1.29, 1.82) is 0 Å². The Bertz CT molecular complexity index is 754. The topological polar surface area (TPSA) is 55.6 Å². The molecule has 0 atom stereocenters. The molecule has 20 heavy (non-hydrogen) atoms. The quantitative estimate of drug-likeness (QED) is 0.596. The Balaban J connectivity index is 1.93. The van der Waals surface area contributed by atoms with Crippen LogP contribution in [0.25, 0.3) is 11.2 Å². The summed E-state index contributed by atoms with van der Waals surface area (Å²) in [6.45, 7) is 0.663. The fraction of sp³-hybridized carbons (Fsp3) is 0.154. The summed E-state index contributed by atoms with van der Waals surface area (Å²) in [4.78, 5) is 12.4. The molecule has 5 nitrogen and oxygen atoms in total.